The molecule has 0 aliphatic rings. The Balaban J connectivity index is 2.21. The van der Waals surface area contributed by atoms with Gasteiger partial charge < -0.3 is 4.42 Å². The van der Waals surface area contributed by atoms with Crippen molar-refractivity contribution in [2.45, 2.75) is 19.8 Å². The SMILES string of the molecule is CCCC(=O)c1ccc(-c2ccc(C=O)o2)cc1. The number of carbonyl (C=O) groups excluding carboxylic acids is 2. The Kier molecular flexibility index (Phi) is 3.72. The third-order valence-corrected chi connectivity index (χ3v) is 2.71. The van der Waals surface area contributed by atoms with Crippen molar-refractivity contribution in [1.82, 2.24) is 0 Å². The smallest absolute Gasteiger partial charge is 0.185 e. The third-order valence-electron chi connectivity index (χ3n) is 2.71. The molecule has 0 saturated carbocycles. The summed E-state index contributed by atoms with van der Waals surface area (Å²) in [4.78, 5) is 22.2. The Bertz CT molecular complexity index is 549. The molecule has 0 bridgehead atoms. The Hall–Kier alpha value is -2.16. The molecule has 2 aromatic rings. The molecule has 18 heavy (non-hydrogen) atoms. The third kappa shape index (κ3) is 2.56. The fraction of sp³-hybridized carbons (Fsp3) is 0.200. The molecular weight excluding hydrogens is 228 g/mol. The van der Waals surface area contributed by atoms with Crippen LogP contribution in [0.15, 0.2) is 40.8 Å². The van der Waals surface area contributed by atoms with Crippen LogP contribution in [-0.2, 0) is 0 Å². The predicted molar refractivity (Wildman–Crippen MR) is 68.8 cm³/mol. The van der Waals surface area contributed by atoms with Gasteiger partial charge in [-0.3, -0.25) is 9.59 Å². The number of hydrogen-bond acceptors (Lipinski definition) is 3. The molecule has 0 aliphatic carbocycles. The molecule has 0 unspecified atom stereocenters. The van der Waals surface area contributed by atoms with Crippen molar-refractivity contribution < 1.29 is 14.0 Å². The van der Waals surface area contributed by atoms with E-state index >= 15 is 0 Å². The van der Waals surface area contributed by atoms with Crippen LogP contribution in [0.1, 0.15) is 40.7 Å². The van der Waals surface area contributed by atoms with Gasteiger partial charge in [-0.25, -0.2) is 0 Å². The van der Waals surface area contributed by atoms with E-state index in [9.17, 15) is 9.59 Å². The largest absolute Gasteiger partial charge is 0.453 e. The zero-order valence-electron chi connectivity index (χ0n) is 10.2. The number of aldehydes is 1. The van der Waals surface area contributed by atoms with Crippen LogP contribution in [0, 0.1) is 0 Å². The first-order valence-corrected chi connectivity index (χ1v) is 5.93. The summed E-state index contributed by atoms with van der Waals surface area (Å²) in [5.41, 5.74) is 1.57. The highest BCUT2D eigenvalue weighted by Gasteiger charge is 2.07. The minimum atomic E-state index is 0.150. The maximum atomic E-state index is 11.7. The molecule has 92 valence electrons. The highest BCUT2D eigenvalue weighted by atomic mass is 16.3. The number of Topliss-reactive ketones (excluding diaryl/α,β-unsaturated/α-hetero) is 1. The van der Waals surface area contributed by atoms with Crippen LogP contribution in [0.4, 0.5) is 0 Å². The van der Waals surface area contributed by atoms with E-state index in [-0.39, 0.29) is 5.78 Å². The van der Waals surface area contributed by atoms with E-state index in [1.54, 1.807) is 24.3 Å². The van der Waals surface area contributed by atoms with Gasteiger partial charge in [0.15, 0.2) is 17.8 Å². The van der Waals surface area contributed by atoms with Gasteiger partial charge in [0, 0.05) is 17.5 Å². The van der Waals surface area contributed by atoms with Gasteiger partial charge in [-0.1, -0.05) is 31.2 Å². The van der Waals surface area contributed by atoms with Crippen LogP contribution in [0.5, 0.6) is 0 Å². The second kappa shape index (κ2) is 5.45. The van der Waals surface area contributed by atoms with Gasteiger partial charge >= 0.3 is 0 Å². The van der Waals surface area contributed by atoms with E-state index in [1.165, 1.54) is 0 Å². The van der Waals surface area contributed by atoms with Crippen LogP contribution < -0.4 is 0 Å². The van der Waals surface area contributed by atoms with Gasteiger partial charge in [-0.2, -0.15) is 0 Å². The van der Waals surface area contributed by atoms with Crippen molar-refractivity contribution in [3.05, 3.63) is 47.7 Å². The van der Waals surface area contributed by atoms with Gasteiger partial charge in [0.1, 0.15) is 5.76 Å². The molecule has 3 nitrogen and oxygen atoms in total. The van der Waals surface area contributed by atoms with Crippen molar-refractivity contribution in [2.75, 3.05) is 0 Å². The molecule has 1 aromatic heterocycles. The van der Waals surface area contributed by atoms with Crippen molar-refractivity contribution in [3.63, 3.8) is 0 Å². The molecule has 0 fully saturated rings. The lowest BCUT2D eigenvalue weighted by Crippen LogP contribution is -1.97. The van der Waals surface area contributed by atoms with Crippen LogP contribution in [0.3, 0.4) is 0 Å². The minimum Gasteiger partial charge on any atom is -0.453 e. The molecule has 0 radical (unpaired) electrons. The number of rotatable bonds is 5. The molecule has 3 heteroatoms. The number of benzene rings is 1. The van der Waals surface area contributed by atoms with Crippen LogP contribution in [0.2, 0.25) is 0 Å². The van der Waals surface area contributed by atoms with E-state index in [0.717, 1.165) is 12.0 Å². The van der Waals surface area contributed by atoms with E-state index in [2.05, 4.69) is 0 Å². The molecule has 1 heterocycles. The Morgan fingerprint density at radius 1 is 1.17 bits per heavy atom. The summed E-state index contributed by atoms with van der Waals surface area (Å²) in [6, 6.07) is 10.6. The summed E-state index contributed by atoms with van der Waals surface area (Å²) in [5.74, 6) is 1.08. The first kappa shape index (κ1) is 12.3. The summed E-state index contributed by atoms with van der Waals surface area (Å²) >= 11 is 0. The second-order valence-corrected chi connectivity index (χ2v) is 4.07. The molecular formula is C15H14O3. The lowest BCUT2D eigenvalue weighted by molar-refractivity contribution is 0.0981. The first-order valence-electron chi connectivity index (χ1n) is 5.93. The highest BCUT2D eigenvalue weighted by molar-refractivity contribution is 5.96. The normalized spacial score (nSPS) is 10.3. The average Bonchev–Trinajstić information content (AvgIpc) is 2.88. The van der Waals surface area contributed by atoms with E-state index < -0.39 is 0 Å². The lowest BCUT2D eigenvalue weighted by atomic mass is 10.0. The molecule has 0 saturated heterocycles. The Morgan fingerprint density at radius 2 is 1.89 bits per heavy atom. The summed E-state index contributed by atoms with van der Waals surface area (Å²) in [6.45, 7) is 1.98. The molecule has 2 rings (SSSR count). The Labute approximate surface area is 105 Å². The monoisotopic (exact) mass is 242 g/mol. The molecule has 0 spiro atoms. The van der Waals surface area contributed by atoms with E-state index in [1.807, 2.05) is 19.1 Å². The predicted octanol–water partition coefficient (Wildman–Crippen LogP) is 3.74. The molecule has 0 amide bonds. The van der Waals surface area contributed by atoms with Crippen molar-refractivity contribution in [1.29, 1.82) is 0 Å². The number of hydrogen-bond donors (Lipinski definition) is 0. The topological polar surface area (TPSA) is 47.3 Å². The molecule has 0 aliphatic heterocycles. The zero-order valence-corrected chi connectivity index (χ0v) is 10.2. The quantitative estimate of drug-likeness (QED) is 0.592. The van der Waals surface area contributed by atoms with Crippen LogP contribution >= 0.6 is 0 Å². The first-order chi connectivity index (χ1) is 8.74. The van der Waals surface area contributed by atoms with Crippen LogP contribution in [0.25, 0.3) is 11.3 Å². The van der Waals surface area contributed by atoms with Gasteiger partial charge in [-0.05, 0) is 18.6 Å². The maximum absolute atomic E-state index is 11.7. The Morgan fingerprint density at radius 3 is 2.44 bits per heavy atom. The maximum Gasteiger partial charge on any atom is 0.185 e. The molecule has 1 aromatic carbocycles. The van der Waals surface area contributed by atoms with Crippen molar-refractivity contribution >= 4 is 12.1 Å². The molecule has 0 N–H and O–H groups in total. The fourth-order valence-electron chi connectivity index (χ4n) is 1.76. The standard InChI is InChI=1S/C15H14O3/c1-2-3-14(17)11-4-6-12(7-5-11)15-9-8-13(10-16)18-15/h4-10H,2-3H2,1H3. The highest BCUT2D eigenvalue weighted by Crippen LogP contribution is 2.22. The second-order valence-electron chi connectivity index (χ2n) is 4.07. The van der Waals surface area contributed by atoms with E-state index in [4.69, 9.17) is 4.42 Å². The van der Waals surface area contributed by atoms with Crippen LogP contribution in [-0.4, -0.2) is 12.1 Å². The lowest BCUT2D eigenvalue weighted by Gasteiger charge is -2.01. The van der Waals surface area contributed by atoms with Gasteiger partial charge in [-0.15, -0.1) is 0 Å². The summed E-state index contributed by atoms with van der Waals surface area (Å²) in [7, 11) is 0. The zero-order chi connectivity index (χ0) is 13.0. The van der Waals surface area contributed by atoms with Gasteiger partial charge in [0.25, 0.3) is 0 Å². The van der Waals surface area contributed by atoms with Crippen molar-refractivity contribution in [2.24, 2.45) is 0 Å². The summed E-state index contributed by atoms with van der Waals surface area (Å²) in [5, 5.41) is 0. The van der Waals surface area contributed by atoms with E-state index in [0.29, 0.717) is 29.8 Å². The van der Waals surface area contributed by atoms with Crippen molar-refractivity contribution in [3.8, 4) is 11.3 Å². The number of carbonyl (C=O) groups is 2. The average molecular weight is 242 g/mol. The number of ketones is 1. The van der Waals surface area contributed by atoms with Gasteiger partial charge in [0.05, 0.1) is 0 Å². The fourth-order valence-corrected chi connectivity index (χ4v) is 1.76. The minimum absolute atomic E-state index is 0.150. The molecule has 0 atom stereocenters. The van der Waals surface area contributed by atoms with Gasteiger partial charge in [0.2, 0.25) is 0 Å². The summed E-state index contributed by atoms with van der Waals surface area (Å²) in [6.07, 6.45) is 2.08. The summed E-state index contributed by atoms with van der Waals surface area (Å²) < 4.78 is 5.31. The number of furan rings is 1.